The average molecular weight is 365 g/mol. The predicted octanol–water partition coefficient (Wildman–Crippen LogP) is 4.57. The Balaban J connectivity index is 1.85. The van der Waals surface area contributed by atoms with Gasteiger partial charge in [-0.3, -0.25) is 4.79 Å². The Kier molecular flexibility index (Phi) is 4.17. The predicted molar refractivity (Wildman–Crippen MR) is 99.9 cm³/mol. The van der Waals surface area contributed by atoms with Crippen LogP contribution in [0.1, 0.15) is 21.5 Å². The van der Waals surface area contributed by atoms with Gasteiger partial charge in [0.1, 0.15) is 16.4 Å². The van der Waals surface area contributed by atoms with E-state index in [0.717, 1.165) is 21.8 Å². The molecule has 1 aliphatic heterocycles. The van der Waals surface area contributed by atoms with E-state index in [-0.39, 0.29) is 11.7 Å². The number of hydrogen-bond donors (Lipinski definition) is 1. The van der Waals surface area contributed by atoms with Gasteiger partial charge in [0.2, 0.25) is 0 Å². The summed E-state index contributed by atoms with van der Waals surface area (Å²) in [7, 11) is 1.62. The van der Waals surface area contributed by atoms with E-state index in [1.807, 2.05) is 48.5 Å². The molecule has 3 aromatic rings. The van der Waals surface area contributed by atoms with Crippen LogP contribution in [-0.4, -0.2) is 13.0 Å². The molecule has 130 valence electrons. The van der Waals surface area contributed by atoms with E-state index in [1.54, 1.807) is 19.2 Å². The van der Waals surface area contributed by atoms with Crippen LogP contribution in [0, 0.1) is 5.82 Å². The molecule has 26 heavy (non-hydrogen) atoms. The lowest BCUT2D eigenvalue weighted by Crippen LogP contribution is -2.37. The number of carbonyl (C=O) groups excluding carboxylic acids is 1. The molecule has 3 nitrogen and oxygen atoms in total. The Morgan fingerprint density at radius 3 is 2.35 bits per heavy atom. The minimum Gasteiger partial charge on any atom is -0.497 e. The molecule has 5 heteroatoms. The van der Waals surface area contributed by atoms with Gasteiger partial charge in [-0.1, -0.05) is 42.1 Å². The molecule has 0 fully saturated rings. The van der Waals surface area contributed by atoms with E-state index in [0.29, 0.717) is 5.56 Å². The van der Waals surface area contributed by atoms with Crippen LogP contribution in [0.15, 0.2) is 77.7 Å². The second kappa shape index (κ2) is 6.50. The van der Waals surface area contributed by atoms with Crippen molar-refractivity contribution in [3.8, 4) is 5.75 Å². The first-order valence-electron chi connectivity index (χ1n) is 8.13. The van der Waals surface area contributed by atoms with Crippen molar-refractivity contribution in [1.82, 2.24) is 5.32 Å². The number of ether oxygens (including phenoxy) is 1. The van der Waals surface area contributed by atoms with Gasteiger partial charge in [0.15, 0.2) is 0 Å². The van der Waals surface area contributed by atoms with Crippen molar-refractivity contribution < 1.29 is 13.9 Å². The van der Waals surface area contributed by atoms with E-state index in [9.17, 15) is 9.18 Å². The standard InChI is InChI=1S/C21H16FNO2S/c1-25-16-10-12-17(13-11-16)26-21(14-6-8-15(22)9-7-14)19-5-3-2-4-18(19)20(24)23-21/h2-13H,1H3,(H,23,24)/t21-/m1/s1. The first-order valence-corrected chi connectivity index (χ1v) is 8.95. The first-order chi connectivity index (χ1) is 12.6. The maximum Gasteiger partial charge on any atom is 0.253 e. The lowest BCUT2D eigenvalue weighted by Gasteiger charge is -2.30. The number of fused-ring (bicyclic) bond motifs is 1. The van der Waals surface area contributed by atoms with Gasteiger partial charge in [0, 0.05) is 16.0 Å². The SMILES string of the molecule is COc1ccc(S[C@@]2(c3ccc(F)cc3)NC(=O)c3ccccc32)cc1. The van der Waals surface area contributed by atoms with Crippen molar-refractivity contribution >= 4 is 17.7 Å². The fraction of sp³-hybridized carbons (Fsp3) is 0.0952. The second-order valence-corrected chi connectivity index (χ2v) is 7.25. The Morgan fingerprint density at radius 1 is 0.962 bits per heavy atom. The zero-order valence-electron chi connectivity index (χ0n) is 14.0. The van der Waals surface area contributed by atoms with Crippen LogP contribution in [-0.2, 0) is 4.87 Å². The Labute approximate surface area is 155 Å². The number of amides is 1. The Hall–Kier alpha value is -2.79. The number of methoxy groups -OCH3 is 1. The van der Waals surface area contributed by atoms with Crippen molar-refractivity contribution in [1.29, 1.82) is 0 Å². The average Bonchev–Trinajstić information content (AvgIpc) is 2.96. The largest absolute Gasteiger partial charge is 0.497 e. The highest BCUT2D eigenvalue weighted by atomic mass is 32.2. The molecule has 0 saturated heterocycles. The van der Waals surface area contributed by atoms with E-state index in [2.05, 4.69) is 5.32 Å². The third-order valence-corrected chi connectivity index (χ3v) is 5.79. The maximum atomic E-state index is 13.5. The molecular weight excluding hydrogens is 349 g/mol. The molecule has 0 aliphatic carbocycles. The molecule has 1 heterocycles. The van der Waals surface area contributed by atoms with Crippen LogP contribution in [0.25, 0.3) is 0 Å². The van der Waals surface area contributed by atoms with E-state index in [1.165, 1.54) is 23.9 Å². The minimum atomic E-state index is -0.810. The van der Waals surface area contributed by atoms with Crippen molar-refractivity contribution in [3.63, 3.8) is 0 Å². The lowest BCUT2D eigenvalue weighted by atomic mass is 9.97. The van der Waals surface area contributed by atoms with Crippen molar-refractivity contribution in [2.24, 2.45) is 0 Å². The van der Waals surface area contributed by atoms with Gasteiger partial charge in [-0.25, -0.2) is 4.39 Å². The molecule has 0 unspecified atom stereocenters. The van der Waals surface area contributed by atoms with Gasteiger partial charge < -0.3 is 10.1 Å². The van der Waals surface area contributed by atoms with Crippen molar-refractivity contribution in [2.75, 3.05) is 7.11 Å². The lowest BCUT2D eigenvalue weighted by molar-refractivity contribution is 0.0956. The normalized spacial score (nSPS) is 18.3. The quantitative estimate of drug-likeness (QED) is 0.736. The highest BCUT2D eigenvalue weighted by Crippen LogP contribution is 2.49. The number of benzene rings is 3. The first kappa shape index (κ1) is 16.7. The monoisotopic (exact) mass is 365 g/mol. The zero-order chi connectivity index (χ0) is 18.1. The molecule has 0 bridgehead atoms. The van der Waals surface area contributed by atoms with Gasteiger partial charge in [-0.05, 0) is 48.0 Å². The molecular formula is C21H16FNO2S. The van der Waals surface area contributed by atoms with Gasteiger partial charge in [0.25, 0.3) is 5.91 Å². The summed E-state index contributed by atoms with van der Waals surface area (Å²) in [5, 5.41) is 3.12. The molecule has 0 radical (unpaired) electrons. The van der Waals surface area contributed by atoms with Crippen LogP contribution in [0.2, 0.25) is 0 Å². The number of nitrogens with one attached hydrogen (secondary N) is 1. The topological polar surface area (TPSA) is 38.3 Å². The summed E-state index contributed by atoms with van der Waals surface area (Å²) in [6.45, 7) is 0. The number of carbonyl (C=O) groups is 1. The van der Waals surface area contributed by atoms with Crippen LogP contribution in [0.3, 0.4) is 0 Å². The van der Waals surface area contributed by atoms with Gasteiger partial charge in [-0.2, -0.15) is 0 Å². The molecule has 3 aromatic carbocycles. The van der Waals surface area contributed by atoms with Gasteiger partial charge in [-0.15, -0.1) is 0 Å². The number of rotatable bonds is 4. The van der Waals surface area contributed by atoms with Crippen molar-refractivity contribution in [2.45, 2.75) is 9.77 Å². The molecule has 0 spiro atoms. The van der Waals surface area contributed by atoms with Gasteiger partial charge >= 0.3 is 0 Å². The summed E-state index contributed by atoms with van der Waals surface area (Å²) in [6.07, 6.45) is 0. The molecule has 1 N–H and O–H groups in total. The Bertz CT molecular complexity index is 957. The summed E-state index contributed by atoms with van der Waals surface area (Å²) in [5.74, 6) is 0.322. The summed E-state index contributed by atoms with van der Waals surface area (Å²) >= 11 is 1.51. The van der Waals surface area contributed by atoms with E-state index >= 15 is 0 Å². The summed E-state index contributed by atoms with van der Waals surface area (Å²) in [5.41, 5.74) is 2.33. The summed E-state index contributed by atoms with van der Waals surface area (Å²) in [6, 6.07) is 21.4. The third kappa shape index (κ3) is 2.74. The zero-order valence-corrected chi connectivity index (χ0v) is 14.8. The minimum absolute atomic E-state index is 0.133. The molecule has 1 aliphatic rings. The fourth-order valence-corrected chi connectivity index (χ4v) is 4.47. The molecule has 1 atom stereocenters. The smallest absolute Gasteiger partial charge is 0.253 e. The summed E-state index contributed by atoms with van der Waals surface area (Å²) in [4.78, 5) is 12.7. The molecule has 4 rings (SSSR count). The van der Waals surface area contributed by atoms with Crippen molar-refractivity contribution in [3.05, 3.63) is 95.3 Å². The molecule has 0 aromatic heterocycles. The van der Waals surface area contributed by atoms with E-state index < -0.39 is 4.87 Å². The van der Waals surface area contributed by atoms with E-state index in [4.69, 9.17) is 4.74 Å². The maximum absolute atomic E-state index is 13.5. The highest BCUT2D eigenvalue weighted by Gasteiger charge is 2.45. The van der Waals surface area contributed by atoms with Crippen LogP contribution >= 0.6 is 11.8 Å². The second-order valence-electron chi connectivity index (χ2n) is 5.97. The fourth-order valence-electron chi connectivity index (χ4n) is 3.15. The summed E-state index contributed by atoms with van der Waals surface area (Å²) < 4.78 is 18.7. The third-order valence-electron chi connectivity index (χ3n) is 4.42. The number of hydrogen-bond acceptors (Lipinski definition) is 3. The van der Waals surface area contributed by atoms with Crippen LogP contribution in [0.5, 0.6) is 5.75 Å². The van der Waals surface area contributed by atoms with Crippen LogP contribution < -0.4 is 10.1 Å². The highest BCUT2D eigenvalue weighted by molar-refractivity contribution is 8.00. The Morgan fingerprint density at radius 2 is 1.65 bits per heavy atom. The molecule has 1 amide bonds. The molecule has 0 saturated carbocycles. The number of halogens is 1. The van der Waals surface area contributed by atoms with Crippen LogP contribution in [0.4, 0.5) is 4.39 Å². The van der Waals surface area contributed by atoms with Gasteiger partial charge in [0.05, 0.1) is 7.11 Å². The number of thioether (sulfide) groups is 1.